The lowest BCUT2D eigenvalue weighted by Crippen LogP contribution is -2.24. The third-order valence-electron chi connectivity index (χ3n) is 2.88. The molecule has 0 unspecified atom stereocenters. The molecule has 1 saturated heterocycles. The molecule has 1 aromatic rings. The van der Waals surface area contributed by atoms with E-state index in [2.05, 4.69) is 24.1 Å². The van der Waals surface area contributed by atoms with Crippen molar-refractivity contribution in [2.75, 3.05) is 20.1 Å². The van der Waals surface area contributed by atoms with Crippen molar-refractivity contribution < 1.29 is 4.74 Å². The van der Waals surface area contributed by atoms with E-state index in [9.17, 15) is 0 Å². The summed E-state index contributed by atoms with van der Waals surface area (Å²) in [6, 6.07) is 8.10. The van der Waals surface area contributed by atoms with Gasteiger partial charge in [-0.05, 0) is 50.7 Å². The van der Waals surface area contributed by atoms with E-state index in [1.807, 2.05) is 12.1 Å². The van der Waals surface area contributed by atoms with E-state index in [4.69, 9.17) is 4.74 Å². The van der Waals surface area contributed by atoms with Gasteiger partial charge in [0.1, 0.15) is 12.4 Å². The van der Waals surface area contributed by atoms with E-state index in [-0.39, 0.29) is 12.4 Å². The van der Waals surface area contributed by atoms with Gasteiger partial charge in [0.25, 0.3) is 0 Å². The molecule has 2 nitrogen and oxygen atoms in total. The van der Waals surface area contributed by atoms with Crippen LogP contribution in [0.2, 0.25) is 0 Å². The fourth-order valence-electron chi connectivity index (χ4n) is 1.94. The van der Waals surface area contributed by atoms with Crippen LogP contribution in [0.1, 0.15) is 24.8 Å². The van der Waals surface area contributed by atoms with Crippen molar-refractivity contribution in [2.45, 2.75) is 25.9 Å². The van der Waals surface area contributed by atoms with Gasteiger partial charge in [0.15, 0.2) is 0 Å². The van der Waals surface area contributed by atoms with Crippen LogP contribution in [0.15, 0.2) is 24.3 Å². The van der Waals surface area contributed by atoms with E-state index in [1.54, 1.807) is 0 Å². The van der Waals surface area contributed by atoms with Gasteiger partial charge >= 0.3 is 0 Å². The number of hydrogen-bond donors (Lipinski definition) is 0. The van der Waals surface area contributed by atoms with Crippen molar-refractivity contribution in [3.8, 4) is 5.75 Å². The number of piperidine rings is 1. The number of hydrogen-bond acceptors (Lipinski definition) is 2. The van der Waals surface area contributed by atoms with Crippen LogP contribution in [0.4, 0.5) is 0 Å². The van der Waals surface area contributed by atoms with Crippen molar-refractivity contribution in [3.63, 3.8) is 0 Å². The van der Waals surface area contributed by atoms with Gasteiger partial charge in [-0.15, -0.1) is 12.4 Å². The number of rotatable bonds is 0. The summed E-state index contributed by atoms with van der Waals surface area (Å²) in [7, 11) is 2.19. The quantitative estimate of drug-likeness (QED) is 0.692. The lowest BCUT2D eigenvalue weighted by atomic mass is 10.1. The Kier molecular flexibility index (Phi) is 5.64. The maximum absolute atomic E-state index is 5.18. The molecule has 2 heterocycles. The Balaban J connectivity index is 0.000000152. The SMILES string of the molecule is CN1CCCCC1.Cl.c1cc2cc(c1)OC2. The van der Waals surface area contributed by atoms with Crippen molar-refractivity contribution in [1.82, 2.24) is 4.90 Å². The second kappa shape index (κ2) is 6.77. The highest BCUT2D eigenvalue weighted by Gasteiger charge is 2.03. The fourth-order valence-corrected chi connectivity index (χ4v) is 1.94. The number of fused-ring (bicyclic) bond motifs is 2. The zero-order valence-electron chi connectivity index (χ0n) is 9.82. The molecule has 2 bridgehead atoms. The number of likely N-dealkylation sites (tertiary alicyclic amines) is 1. The van der Waals surface area contributed by atoms with Gasteiger partial charge in [0.05, 0.1) is 0 Å². The average Bonchev–Trinajstić information content (AvgIpc) is 2.60. The molecule has 2 aliphatic heterocycles. The van der Waals surface area contributed by atoms with E-state index in [1.165, 1.54) is 37.9 Å². The molecule has 0 aromatic heterocycles. The molecule has 1 fully saturated rings. The van der Waals surface area contributed by atoms with Crippen LogP contribution in [-0.2, 0) is 6.61 Å². The highest BCUT2D eigenvalue weighted by Crippen LogP contribution is 2.20. The highest BCUT2D eigenvalue weighted by molar-refractivity contribution is 5.85. The first-order valence-corrected chi connectivity index (χ1v) is 5.75. The normalized spacial score (nSPS) is 17.8. The van der Waals surface area contributed by atoms with Crippen LogP contribution in [0.3, 0.4) is 0 Å². The zero-order chi connectivity index (χ0) is 10.5. The highest BCUT2D eigenvalue weighted by atomic mass is 35.5. The monoisotopic (exact) mass is 241 g/mol. The van der Waals surface area contributed by atoms with Gasteiger partial charge in [-0.3, -0.25) is 0 Å². The van der Waals surface area contributed by atoms with Crippen LogP contribution >= 0.6 is 12.4 Å². The number of halogens is 1. The molecule has 3 rings (SSSR count). The second-order valence-electron chi connectivity index (χ2n) is 4.30. The molecular formula is C13H20ClNO. The zero-order valence-corrected chi connectivity index (χ0v) is 10.6. The molecule has 3 heteroatoms. The Morgan fingerprint density at radius 3 is 2.38 bits per heavy atom. The van der Waals surface area contributed by atoms with Crippen molar-refractivity contribution >= 4 is 12.4 Å². The van der Waals surface area contributed by atoms with E-state index >= 15 is 0 Å². The van der Waals surface area contributed by atoms with E-state index in [0.29, 0.717) is 0 Å². The predicted molar refractivity (Wildman–Crippen MR) is 69.4 cm³/mol. The lowest BCUT2D eigenvalue weighted by molar-refractivity contribution is 0.277. The summed E-state index contributed by atoms with van der Waals surface area (Å²) in [5.41, 5.74) is 1.28. The van der Waals surface area contributed by atoms with Crippen LogP contribution in [-0.4, -0.2) is 25.0 Å². The first kappa shape index (κ1) is 13.3. The molecule has 0 radical (unpaired) electrons. The minimum absolute atomic E-state index is 0. The molecule has 1 aromatic carbocycles. The minimum Gasteiger partial charge on any atom is -0.489 e. The maximum atomic E-state index is 5.18. The summed E-state index contributed by atoms with van der Waals surface area (Å²) in [4.78, 5) is 2.39. The minimum atomic E-state index is 0. The molecular weight excluding hydrogens is 222 g/mol. The molecule has 0 N–H and O–H groups in total. The topological polar surface area (TPSA) is 12.5 Å². The summed E-state index contributed by atoms with van der Waals surface area (Å²) in [5.74, 6) is 1.00. The molecule has 0 atom stereocenters. The van der Waals surface area contributed by atoms with Gasteiger partial charge in [0, 0.05) is 0 Å². The van der Waals surface area contributed by atoms with Crippen LogP contribution in [0.25, 0.3) is 0 Å². The molecule has 0 amide bonds. The smallest absolute Gasteiger partial charge is 0.120 e. The number of nitrogens with zero attached hydrogens (tertiary/aromatic N) is 1. The lowest BCUT2D eigenvalue weighted by Gasteiger charge is -2.20. The average molecular weight is 242 g/mol. The Bertz CT molecular complexity index is 291. The van der Waals surface area contributed by atoms with Crippen molar-refractivity contribution in [3.05, 3.63) is 29.8 Å². The first-order chi connectivity index (χ1) is 7.34. The van der Waals surface area contributed by atoms with Gasteiger partial charge in [-0.25, -0.2) is 0 Å². The molecule has 16 heavy (non-hydrogen) atoms. The van der Waals surface area contributed by atoms with Crippen LogP contribution in [0.5, 0.6) is 5.75 Å². The molecule has 2 aliphatic rings. The van der Waals surface area contributed by atoms with Crippen molar-refractivity contribution in [1.29, 1.82) is 0 Å². The summed E-state index contributed by atoms with van der Waals surface area (Å²) >= 11 is 0. The van der Waals surface area contributed by atoms with E-state index < -0.39 is 0 Å². The van der Waals surface area contributed by atoms with E-state index in [0.717, 1.165) is 12.4 Å². The van der Waals surface area contributed by atoms with Gasteiger partial charge in [-0.1, -0.05) is 18.6 Å². The molecule has 0 aliphatic carbocycles. The summed E-state index contributed by atoms with van der Waals surface area (Å²) < 4.78 is 5.18. The summed E-state index contributed by atoms with van der Waals surface area (Å²) in [5, 5.41) is 0. The standard InChI is InChI=1S/C7H6O.C6H13N.ClH/c1-2-6-4-7(3-1)8-5-6;1-7-5-3-2-4-6-7;/h1-4H,5H2;2-6H2,1H3;1H. The molecule has 0 saturated carbocycles. The van der Waals surface area contributed by atoms with Gasteiger partial charge in [-0.2, -0.15) is 0 Å². The second-order valence-corrected chi connectivity index (χ2v) is 4.30. The van der Waals surface area contributed by atoms with Crippen LogP contribution in [0, 0.1) is 0 Å². The molecule has 0 spiro atoms. The Labute approximate surface area is 104 Å². The third-order valence-corrected chi connectivity index (χ3v) is 2.88. The van der Waals surface area contributed by atoms with Crippen molar-refractivity contribution in [2.24, 2.45) is 0 Å². The first-order valence-electron chi connectivity index (χ1n) is 5.75. The van der Waals surface area contributed by atoms with Gasteiger partial charge in [0.2, 0.25) is 0 Å². The molecule has 90 valence electrons. The van der Waals surface area contributed by atoms with Crippen LogP contribution < -0.4 is 4.74 Å². The predicted octanol–water partition coefficient (Wildman–Crippen LogP) is 3.10. The summed E-state index contributed by atoms with van der Waals surface area (Å²) in [6.45, 7) is 3.41. The maximum Gasteiger partial charge on any atom is 0.120 e. The number of benzene rings is 1. The largest absolute Gasteiger partial charge is 0.489 e. The summed E-state index contributed by atoms with van der Waals surface area (Å²) in [6.07, 6.45) is 4.28. The number of ether oxygens (including phenoxy) is 1. The Morgan fingerprint density at radius 2 is 1.88 bits per heavy atom. The third kappa shape index (κ3) is 4.03. The fraction of sp³-hybridized carbons (Fsp3) is 0.538. The van der Waals surface area contributed by atoms with Gasteiger partial charge < -0.3 is 9.64 Å². The Morgan fingerprint density at radius 1 is 1.12 bits per heavy atom. The Hall–Kier alpha value is -0.730.